The number of carbonyl (C=O) groups excluding carboxylic acids is 1. The number of hydrogen-bond acceptors (Lipinski definition) is 1. The van der Waals surface area contributed by atoms with Gasteiger partial charge < -0.3 is 4.98 Å². The molecular formula is C13H12NO. The molecule has 0 spiro atoms. The molecule has 1 heterocycles. The summed E-state index contributed by atoms with van der Waals surface area (Å²) >= 11 is 0. The van der Waals surface area contributed by atoms with Crippen LogP contribution in [0, 0.1) is 20.0 Å². The van der Waals surface area contributed by atoms with E-state index in [1.54, 1.807) is 6.20 Å². The monoisotopic (exact) mass is 198 g/mol. The molecule has 15 heavy (non-hydrogen) atoms. The molecule has 1 N–H and O–H groups in total. The highest BCUT2D eigenvalue weighted by Gasteiger charge is 2.12. The normalized spacial score (nSPS) is 10.3. The zero-order valence-corrected chi connectivity index (χ0v) is 8.79. The number of benzene rings is 1. The number of aromatic amines is 1. The van der Waals surface area contributed by atoms with Crippen molar-refractivity contribution in [2.45, 2.75) is 13.8 Å². The largest absolute Gasteiger partial charge is 0.359 e. The van der Waals surface area contributed by atoms with E-state index in [4.69, 9.17) is 0 Å². The third-order valence-electron chi connectivity index (χ3n) is 2.42. The maximum absolute atomic E-state index is 12.0. The molecule has 75 valence electrons. The number of carbonyl (C=O) groups is 1. The predicted octanol–water partition coefficient (Wildman–Crippen LogP) is 2.66. The third kappa shape index (κ3) is 1.84. The maximum Gasteiger partial charge on any atom is 0.195 e. The van der Waals surface area contributed by atoms with Gasteiger partial charge in [0.05, 0.1) is 11.8 Å². The first-order valence-corrected chi connectivity index (χ1v) is 4.85. The zero-order chi connectivity index (χ0) is 10.8. The van der Waals surface area contributed by atoms with E-state index in [2.05, 4.69) is 11.2 Å². The lowest BCUT2D eigenvalue weighted by Gasteiger charge is -2.00. The van der Waals surface area contributed by atoms with E-state index >= 15 is 0 Å². The van der Waals surface area contributed by atoms with Crippen LogP contribution in [0.25, 0.3) is 0 Å². The van der Waals surface area contributed by atoms with Gasteiger partial charge in [-0.1, -0.05) is 29.8 Å². The summed E-state index contributed by atoms with van der Waals surface area (Å²) in [7, 11) is 0. The van der Waals surface area contributed by atoms with Crippen LogP contribution in [0.15, 0.2) is 30.5 Å². The summed E-state index contributed by atoms with van der Waals surface area (Å²) in [5.74, 6) is 0.0220. The first-order chi connectivity index (χ1) is 7.18. The Bertz CT molecular complexity index is 479. The minimum atomic E-state index is 0.0220. The molecule has 2 rings (SSSR count). The number of hydrogen-bond donors (Lipinski definition) is 1. The van der Waals surface area contributed by atoms with Crippen LogP contribution in [-0.4, -0.2) is 10.8 Å². The highest BCUT2D eigenvalue weighted by atomic mass is 16.1. The van der Waals surface area contributed by atoms with E-state index in [-0.39, 0.29) is 5.78 Å². The molecule has 1 radical (unpaired) electrons. The fourth-order valence-corrected chi connectivity index (χ4v) is 1.47. The molecule has 1 aromatic heterocycles. The molecule has 0 aliphatic rings. The number of H-pyrrole nitrogens is 1. The number of aromatic nitrogens is 1. The first-order valence-electron chi connectivity index (χ1n) is 4.85. The summed E-state index contributed by atoms with van der Waals surface area (Å²) in [5, 5.41) is 0. The molecule has 0 saturated heterocycles. The van der Waals surface area contributed by atoms with E-state index in [0.29, 0.717) is 11.1 Å². The summed E-state index contributed by atoms with van der Waals surface area (Å²) in [6.45, 7) is 3.90. The van der Waals surface area contributed by atoms with Gasteiger partial charge in [-0.15, -0.1) is 0 Å². The summed E-state index contributed by atoms with van der Waals surface area (Å²) < 4.78 is 0. The SMILES string of the molecule is Cc1ccc(C(=O)c2[c][nH]cc2C)cc1. The second kappa shape index (κ2) is 3.73. The molecule has 2 heteroatoms. The minimum Gasteiger partial charge on any atom is -0.359 e. The van der Waals surface area contributed by atoms with Gasteiger partial charge in [0.1, 0.15) is 0 Å². The summed E-state index contributed by atoms with van der Waals surface area (Å²) in [4.78, 5) is 14.8. The van der Waals surface area contributed by atoms with Crippen LogP contribution in [0.1, 0.15) is 27.0 Å². The summed E-state index contributed by atoms with van der Waals surface area (Å²) in [6, 6.07) is 7.57. The Labute approximate surface area is 89.0 Å². The van der Waals surface area contributed by atoms with Crippen LogP contribution in [0.5, 0.6) is 0 Å². The molecule has 0 aliphatic carbocycles. The Morgan fingerprint density at radius 2 is 1.87 bits per heavy atom. The van der Waals surface area contributed by atoms with E-state index in [9.17, 15) is 4.79 Å². The highest BCUT2D eigenvalue weighted by Crippen LogP contribution is 2.13. The molecule has 0 amide bonds. The lowest BCUT2D eigenvalue weighted by Crippen LogP contribution is -2.01. The third-order valence-corrected chi connectivity index (χ3v) is 2.42. The van der Waals surface area contributed by atoms with Crippen LogP contribution >= 0.6 is 0 Å². The van der Waals surface area contributed by atoms with Crippen LogP contribution in [0.2, 0.25) is 0 Å². The molecule has 1 aromatic carbocycles. The molecule has 0 fully saturated rings. The molecule has 0 bridgehead atoms. The van der Waals surface area contributed by atoms with Crippen LogP contribution < -0.4 is 0 Å². The van der Waals surface area contributed by atoms with Crippen molar-refractivity contribution in [1.82, 2.24) is 4.98 Å². The molecule has 2 aromatic rings. The standard InChI is InChI=1S/C13H12NO/c1-9-3-5-11(6-4-9)13(15)12-8-14-7-10(12)2/h3-7,14H,1-2H3. The van der Waals surface area contributed by atoms with Gasteiger partial charge in [-0.3, -0.25) is 4.79 Å². The number of rotatable bonds is 2. The molecular weight excluding hydrogens is 186 g/mol. The van der Waals surface area contributed by atoms with Crippen molar-refractivity contribution >= 4 is 5.78 Å². The van der Waals surface area contributed by atoms with Crippen LogP contribution in [0.3, 0.4) is 0 Å². The summed E-state index contributed by atoms with van der Waals surface area (Å²) in [6.07, 6.45) is 4.62. The van der Waals surface area contributed by atoms with Gasteiger partial charge in [0.15, 0.2) is 5.78 Å². The molecule has 2 nitrogen and oxygen atoms in total. The first kappa shape index (κ1) is 9.71. The Hall–Kier alpha value is -1.83. The van der Waals surface area contributed by atoms with Crippen LogP contribution in [-0.2, 0) is 0 Å². The van der Waals surface area contributed by atoms with Crippen molar-refractivity contribution in [2.75, 3.05) is 0 Å². The van der Waals surface area contributed by atoms with Gasteiger partial charge in [-0.2, -0.15) is 0 Å². The fourth-order valence-electron chi connectivity index (χ4n) is 1.47. The minimum absolute atomic E-state index is 0.0220. The smallest absolute Gasteiger partial charge is 0.195 e. The average molecular weight is 198 g/mol. The highest BCUT2D eigenvalue weighted by molar-refractivity contribution is 6.09. The lowest BCUT2D eigenvalue weighted by atomic mass is 10.0. The van der Waals surface area contributed by atoms with E-state index in [1.807, 2.05) is 38.1 Å². The van der Waals surface area contributed by atoms with Gasteiger partial charge in [0.25, 0.3) is 0 Å². The Morgan fingerprint density at radius 1 is 1.20 bits per heavy atom. The van der Waals surface area contributed by atoms with Crippen molar-refractivity contribution in [2.24, 2.45) is 0 Å². The molecule has 0 atom stereocenters. The second-order valence-electron chi connectivity index (χ2n) is 3.67. The van der Waals surface area contributed by atoms with Crippen molar-refractivity contribution < 1.29 is 4.79 Å². The van der Waals surface area contributed by atoms with Crippen molar-refractivity contribution in [3.63, 3.8) is 0 Å². The lowest BCUT2D eigenvalue weighted by molar-refractivity contribution is 0.103. The van der Waals surface area contributed by atoms with E-state index in [0.717, 1.165) is 11.1 Å². The Balaban J connectivity index is 2.37. The number of ketones is 1. The number of nitrogens with one attached hydrogen (secondary N) is 1. The Morgan fingerprint density at radius 3 is 2.40 bits per heavy atom. The molecule has 0 unspecified atom stereocenters. The fraction of sp³-hybridized carbons (Fsp3) is 0.154. The van der Waals surface area contributed by atoms with E-state index < -0.39 is 0 Å². The summed E-state index contributed by atoms with van der Waals surface area (Å²) in [5.41, 5.74) is 3.42. The van der Waals surface area contributed by atoms with Gasteiger partial charge in [0.2, 0.25) is 0 Å². The van der Waals surface area contributed by atoms with Crippen molar-refractivity contribution in [1.29, 1.82) is 0 Å². The second-order valence-corrected chi connectivity index (χ2v) is 3.67. The van der Waals surface area contributed by atoms with Gasteiger partial charge in [-0.05, 0) is 19.4 Å². The predicted molar refractivity (Wildman–Crippen MR) is 59.0 cm³/mol. The topological polar surface area (TPSA) is 32.9 Å². The molecule has 0 saturated carbocycles. The van der Waals surface area contributed by atoms with Crippen LogP contribution in [0.4, 0.5) is 0 Å². The van der Waals surface area contributed by atoms with Gasteiger partial charge in [-0.25, -0.2) is 0 Å². The Kier molecular flexibility index (Phi) is 2.42. The van der Waals surface area contributed by atoms with Crippen molar-refractivity contribution in [3.8, 4) is 0 Å². The zero-order valence-electron chi connectivity index (χ0n) is 8.79. The van der Waals surface area contributed by atoms with Gasteiger partial charge in [0, 0.05) is 11.8 Å². The maximum atomic E-state index is 12.0. The quantitative estimate of drug-likeness (QED) is 0.739. The van der Waals surface area contributed by atoms with Crippen molar-refractivity contribution in [3.05, 3.63) is 58.9 Å². The van der Waals surface area contributed by atoms with E-state index in [1.165, 1.54) is 0 Å². The van der Waals surface area contributed by atoms with Gasteiger partial charge >= 0.3 is 0 Å². The molecule has 0 aliphatic heterocycles. The average Bonchev–Trinajstić information content (AvgIpc) is 2.65. The number of aryl methyl sites for hydroxylation is 2.